The molecule has 1 fully saturated rings. The Hall–Kier alpha value is 0.0700. The molecule has 0 aromatic carbocycles. The van der Waals surface area contributed by atoms with Crippen LogP contribution in [-0.2, 0) is 15.5 Å². The zero-order valence-corrected chi connectivity index (χ0v) is 13.3. The van der Waals surface area contributed by atoms with Gasteiger partial charge in [-0.05, 0) is 31.7 Å². The van der Waals surface area contributed by atoms with E-state index in [-0.39, 0.29) is 16.8 Å². The van der Waals surface area contributed by atoms with Gasteiger partial charge in [-0.2, -0.15) is 0 Å². The highest BCUT2D eigenvalue weighted by atomic mass is 32.2. The molecule has 108 valence electrons. The zero-order valence-electron chi connectivity index (χ0n) is 12.5. The quantitative estimate of drug-likeness (QED) is 0.808. The van der Waals surface area contributed by atoms with Crippen LogP contribution >= 0.6 is 0 Å². The predicted molar refractivity (Wildman–Crippen MR) is 78.4 cm³/mol. The highest BCUT2D eigenvalue weighted by Gasteiger charge is 2.33. The van der Waals surface area contributed by atoms with Crippen molar-refractivity contribution in [2.45, 2.75) is 64.9 Å². The van der Waals surface area contributed by atoms with Crippen molar-refractivity contribution in [3.63, 3.8) is 0 Å². The number of rotatable bonds is 6. The van der Waals surface area contributed by atoms with E-state index in [1.807, 2.05) is 6.92 Å². The summed E-state index contributed by atoms with van der Waals surface area (Å²) in [5.74, 6) is 0.738. The molecule has 0 radical (unpaired) electrons. The van der Waals surface area contributed by atoms with Crippen molar-refractivity contribution in [2.75, 3.05) is 18.9 Å². The van der Waals surface area contributed by atoms with Gasteiger partial charge in [-0.15, -0.1) is 0 Å². The van der Waals surface area contributed by atoms with Crippen LogP contribution in [0.5, 0.6) is 0 Å². The summed E-state index contributed by atoms with van der Waals surface area (Å²) >= 11 is 0. The molecular weight excluding hydrogens is 246 g/mol. The van der Waals surface area contributed by atoms with Gasteiger partial charge in [0.15, 0.2) is 0 Å². The van der Waals surface area contributed by atoms with Crippen molar-refractivity contribution < 1.29 is 8.95 Å². The van der Waals surface area contributed by atoms with Gasteiger partial charge in [-0.3, -0.25) is 4.21 Å². The predicted octanol–water partition coefficient (Wildman–Crippen LogP) is 2.33. The van der Waals surface area contributed by atoms with Gasteiger partial charge < -0.3 is 10.1 Å². The number of ether oxygens (including phenoxy) is 1. The highest BCUT2D eigenvalue weighted by molar-refractivity contribution is 7.85. The van der Waals surface area contributed by atoms with E-state index in [1.54, 1.807) is 0 Å². The molecule has 0 saturated carbocycles. The van der Waals surface area contributed by atoms with E-state index in [9.17, 15) is 4.21 Å². The van der Waals surface area contributed by atoms with E-state index in [0.29, 0.717) is 6.04 Å². The van der Waals surface area contributed by atoms with Crippen LogP contribution < -0.4 is 5.32 Å². The van der Waals surface area contributed by atoms with Gasteiger partial charge in [0.25, 0.3) is 0 Å². The van der Waals surface area contributed by atoms with E-state index < -0.39 is 10.8 Å². The largest absolute Gasteiger partial charge is 0.377 e. The molecule has 3 nitrogen and oxygen atoms in total. The summed E-state index contributed by atoms with van der Waals surface area (Å²) in [5, 5.41) is 3.77. The molecule has 1 rings (SSSR count). The molecule has 4 unspecified atom stereocenters. The first-order valence-corrected chi connectivity index (χ1v) is 8.46. The first-order valence-electron chi connectivity index (χ1n) is 7.08. The topological polar surface area (TPSA) is 38.3 Å². The van der Waals surface area contributed by atoms with Crippen molar-refractivity contribution in [3.8, 4) is 0 Å². The van der Waals surface area contributed by atoms with E-state index >= 15 is 0 Å². The van der Waals surface area contributed by atoms with E-state index in [0.717, 1.165) is 31.7 Å². The summed E-state index contributed by atoms with van der Waals surface area (Å²) in [6.07, 6.45) is 2.21. The Morgan fingerprint density at radius 1 is 1.44 bits per heavy atom. The van der Waals surface area contributed by atoms with Crippen molar-refractivity contribution in [3.05, 3.63) is 0 Å². The van der Waals surface area contributed by atoms with E-state index in [4.69, 9.17) is 4.74 Å². The minimum atomic E-state index is -0.793. The van der Waals surface area contributed by atoms with Gasteiger partial charge in [0.2, 0.25) is 0 Å². The van der Waals surface area contributed by atoms with E-state index in [1.165, 1.54) is 0 Å². The molecule has 1 N–H and O–H groups in total. The molecule has 0 aromatic rings. The molecule has 0 aliphatic carbocycles. The van der Waals surface area contributed by atoms with Crippen molar-refractivity contribution >= 4 is 10.8 Å². The van der Waals surface area contributed by atoms with Crippen LogP contribution in [0.1, 0.15) is 47.5 Å². The van der Waals surface area contributed by atoms with Gasteiger partial charge in [-0.25, -0.2) is 0 Å². The average Bonchev–Trinajstić information content (AvgIpc) is 2.68. The zero-order chi connectivity index (χ0) is 13.8. The molecule has 1 aliphatic heterocycles. The third kappa shape index (κ3) is 4.63. The normalized spacial score (nSPS) is 28.3. The molecule has 1 saturated heterocycles. The molecule has 0 amide bonds. The summed E-state index contributed by atoms with van der Waals surface area (Å²) in [4.78, 5) is 0. The second-order valence-corrected chi connectivity index (χ2v) is 8.02. The fourth-order valence-electron chi connectivity index (χ4n) is 2.28. The second-order valence-electron chi connectivity index (χ2n) is 6.32. The van der Waals surface area contributed by atoms with Crippen LogP contribution in [0.15, 0.2) is 0 Å². The molecule has 4 atom stereocenters. The highest BCUT2D eigenvalue weighted by Crippen LogP contribution is 2.24. The maximum absolute atomic E-state index is 12.5. The van der Waals surface area contributed by atoms with Gasteiger partial charge in [0.05, 0.1) is 11.4 Å². The Bertz CT molecular complexity index is 275. The summed E-state index contributed by atoms with van der Waals surface area (Å²) in [6.45, 7) is 12.6. The lowest BCUT2D eigenvalue weighted by molar-refractivity contribution is 0.126. The van der Waals surface area contributed by atoms with Gasteiger partial charge in [0.1, 0.15) is 0 Å². The third-order valence-electron chi connectivity index (χ3n) is 3.66. The molecule has 18 heavy (non-hydrogen) atoms. The Balaban J connectivity index is 2.56. The van der Waals surface area contributed by atoms with Crippen LogP contribution in [0.3, 0.4) is 0 Å². The molecule has 0 spiro atoms. The summed E-state index contributed by atoms with van der Waals surface area (Å²) in [7, 11) is -0.793. The van der Waals surface area contributed by atoms with Crippen molar-refractivity contribution in [1.29, 1.82) is 0 Å². The first kappa shape index (κ1) is 16.1. The van der Waals surface area contributed by atoms with Crippen molar-refractivity contribution in [1.82, 2.24) is 5.32 Å². The maximum atomic E-state index is 12.5. The molecular formula is C14H29NO2S. The summed E-state index contributed by atoms with van der Waals surface area (Å²) in [5.41, 5.74) is 0.146. The average molecular weight is 275 g/mol. The maximum Gasteiger partial charge on any atom is 0.0691 e. The molecule has 1 aliphatic rings. The Labute approximate surface area is 115 Å². The lowest BCUT2D eigenvalue weighted by Crippen LogP contribution is -2.46. The van der Waals surface area contributed by atoms with Crippen LogP contribution in [0.2, 0.25) is 0 Å². The first-order chi connectivity index (χ1) is 8.36. The lowest BCUT2D eigenvalue weighted by Gasteiger charge is -2.32. The Morgan fingerprint density at radius 3 is 2.56 bits per heavy atom. The van der Waals surface area contributed by atoms with Crippen molar-refractivity contribution in [2.24, 2.45) is 5.41 Å². The minimum absolute atomic E-state index is 0.146. The molecule has 0 bridgehead atoms. The second kappa shape index (κ2) is 7.01. The Morgan fingerprint density at radius 2 is 2.11 bits per heavy atom. The fraction of sp³-hybridized carbons (Fsp3) is 1.00. The van der Waals surface area contributed by atoms with Crippen LogP contribution in [0.4, 0.5) is 0 Å². The van der Waals surface area contributed by atoms with E-state index in [2.05, 4.69) is 33.0 Å². The standard InChI is InChI=1S/C14H29NO2S/c1-6-8-15-13(14(3,4)5)10-18(16)12-7-9-17-11(12)2/h11-13,15H,6-10H2,1-5H3. The SMILES string of the molecule is CCCNC(CS(=O)C1CCOC1C)C(C)(C)C. The smallest absolute Gasteiger partial charge is 0.0691 e. The van der Waals surface area contributed by atoms with Crippen LogP contribution in [0.25, 0.3) is 0 Å². The fourth-order valence-corrected chi connectivity index (χ4v) is 4.34. The third-order valence-corrected chi connectivity index (χ3v) is 5.62. The molecule has 4 heteroatoms. The van der Waals surface area contributed by atoms with Crippen LogP contribution in [0, 0.1) is 5.41 Å². The lowest BCUT2D eigenvalue weighted by atomic mass is 9.88. The molecule has 1 heterocycles. The van der Waals surface area contributed by atoms with Gasteiger partial charge in [-0.1, -0.05) is 27.7 Å². The Kier molecular flexibility index (Phi) is 6.28. The van der Waals surface area contributed by atoms with Gasteiger partial charge in [0, 0.05) is 29.2 Å². The summed E-state index contributed by atoms with van der Waals surface area (Å²) < 4.78 is 18.0. The summed E-state index contributed by atoms with van der Waals surface area (Å²) in [6, 6.07) is 0.311. The van der Waals surface area contributed by atoms with Crippen LogP contribution in [-0.4, -0.2) is 40.5 Å². The number of nitrogens with one attached hydrogen (secondary N) is 1. The molecule has 0 aromatic heterocycles. The monoisotopic (exact) mass is 275 g/mol. The number of hydrogen-bond donors (Lipinski definition) is 1. The number of hydrogen-bond acceptors (Lipinski definition) is 3. The minimum Gasteiger partial charge on any atom is -0.377 e. The van der Waals surface area contributed by atoms with Gasteiger partial charge >= 0.3 is 0 Å².